The van der Waals surface area contributed by atoms with Crippen molar-refractivity contribution in [3.05, 3.63) is 28.6 Å². The first-order valence-electron chi connectivity index (χ1n) is 4.15. The van der Waals surface area contributed by atoms with Crippen molar-refractivity contribution < 1.29 is 8.78 Å². The van der Waals surface area contributed by atoms with Crippen LogP contribution in [0.25, 0.3) is 10.1 Å². The molecule has 1 aromatic heterocycles. The largest absolute Gasteiger partial charge is 0.397 e. The van der Waals surface area contributed by atoms with E-state index in [0.29, 0.717) is 0 Å². The van der Waals surface area contributed by atoms with Crippen molar-refractivity contribution in [3.63, 3.8) is 0 Å². The number of hydrogen-bond acceptors (Lipinski definition) is 2. The lowest BCUT2D eigenvalue weighted by Crippen LogP contribution is -1.96. The highest BCUT2D eigenvalue weighted by Gasteiger charge is 2.15. The van der Waals surface area contributed by atoms with Gasteiger partial charge in [-0.1, -0.05) is 0 Å². The molecule has 1 heterocycles. The zero-order valence-corrected chi connectivity index (χ0v) is 8.37. The maximum absolute atomic E-state index is 12.6. The second-order valence-corrected chi connectivity index (χ2v) is 4.08. The Hall–Kier alpha value is -1.16. The van der Waals surface area contributed by atoms with Gasteiger partial charge in [0, 0.05) is 5.56 Å². The van der Waals surface area contributed by atoms with Crippen LogP contribution in [0, 0.1) is 6.92 Å². The highest BCUT2D eigenvalue weighted by Crippen LogP contribution is 2.36. The van der Waals surface area contributed by atoms with Crippen molar-refractivity contribution in [2.24, 2.45) is 0 Å². The van der Waals surface area contributed by atoms with Crippen molar-refractivity contribution in [2.75, 3.05) is 5.73 Å². The quantitative estimate of drug-likeness (QED) is 0.717. The van der Waals surface area contributed by atoms with Gasteiger partial charge in [-0.25, -0.2) is 8.78 Å². The Morgan fingerprint density at radius 2 is 2.14 bits per heavy atom. The molecular weight excluding hydrogens is 204 g/mol. The van der Waals surface area contributed by atoms with E-state index < -0.39 is 6.43 Å². The molecule has 2 N–H and O–H groups in total. The average Bonchev–Trinajstić information content (AvgIpc) is 2.59. The first-order chi connectivity index (χ1) is 6.61. The van der Waals surface area contributed by atoms with Crippen LogP contribution in [0.5, 0.6) is 0 Å². The SMILES string of the molecule is Cc1cc(C(F)F)c(N)c2sccc12. The summed E-state index contributed by atoms with van der Waals surface area (Å²) in [5, 5.41) is 2.83. The summed E-state index contributed by atoms with van der Waals surface area (Å²) in [5.41, 5.74) is 6.68. The van der Waals surface area contributed by atoms with Gasteiger partial charge in [0.05, 0.1) is 10.4 Å². The van der Waals surface area contributed by atoms with Crippen LogP contribution < -0.4 is 5.73 Å². The third-order valence-corrected chi connectivity index (χ3v) is 3.20. The smallest absolute Gasteiger partial charge is 0.265 e. The lowest BCUT2D eigenvalue weighted by molar-refractivity contribution is 0.152. The minimum atomic E-state index is -2.50. The third kappa shape index (κ3) is 1.26. The fourth-order valence-corrected chi connectivity index (χ4v) is 2.47. The highest BCUT2D eigenvalue weighted by atomic mass is 32.1. The summed E-state index contributed by atoms with van der Waals surface area (Å²) in [7, 11) is 0. The van der Waals surface area contributed by atoms with Crippen molar-refractivity contribution in [2.45, 2.75) is 13.3 Å². The maximum Gasteiger partial charge on any atom is 0.265 e. The predicted molar refractivity (Wildman–Crippen MR) is 55.9 cm³/mol. The lowest BCUT2D eigenvalue weighted by Gasteiger charge is -2.07. The lowest BCUT2D eigenvalue weighted by atomic mass is 10.1. The predicted octanol–water partition coefficient (Wildman–Crippen LogP) is 3.73. The molecule has 0 fully saturated rings. The van der Waals surface area contributed by atoms with Crippen molar-refractivity contribution in [1.82, 2.24) is 0 Å². The second kappa shape index (κ2) is 3.20. The van der Waals surface area contributed by atoms with Gasteiger partial charge >= 0.3 is 0 Å². The molecule has 0 saturated carbocycles. The molecule has 0 amide bonds. The Morgan fingerprint density at radius 1 is 1.43 bits per heavy atom. The van der Waals surface area contributed by atoms with Gasteiger partial charge in [0.1, 0.15) is 0 Å². The van der Waals surface area contributed by atoms with Crippen LogP contribution in [-0.2, 0) is 0 Å². The second-order valence-electron chi connectivity index (χ2n) is 3.16. The Morgan fingerprint density at radius 3 is 2.79 bits per heavy atom. The minimum Gasteiger partial charge on any atom is -0.397 e. The molecule has 0 aliphatic carbocycles. The minimum absolute atomic E-state index is 0.0579. The van der Waals surface area contributed by atoms with E-state index in [9.17, 15) is 8.78 Å². The molecule has 0 unspecified atom stereocenters. The van der Waals surface area contributed by atoms with Gasteiger partial charge in [-0.15, -0.1) is 11.3 Å². The van der Waals surface area contributed by atoms with Crippen molar-refractivity contribution in [3.8, 4) is 0 Å². The summed E-state index contributed by atoms with van der Waals surface area (Å²) < 4.78 is 25.9. The molecule has 0 atom stereocenters. The van der Waals surface area contributed by atoms with E-state index in [1.165, 1.54) is 17.4 Å². The molecule has 0 aliphatic rings. The van der Waals surface area contributed by atoms with Crippen molar-refractivity contribution >= 4 is 27.1 Å². The van der Waals surface area contributed by atoms with Crippen LogP contribution >= 0.6 is 11.3 Å². The summed E-state index contributed by atoms with van der Waals surface area (Å²) in [6.45, 7) is 1.82. The van der Waals surface area contributed by atoms with E-state index in [-0.39, 0.29) is 11.3 Å². The molecule has 14 heavy (non-hydrogen) atoms. The summed E-state index contributed by atoms with van der Waals surface area (Å²) in [4.78, 5) is 0. The number of benzene rings is 1. The molecule has 1 aromatic carbocycles. The van der Waals surface area contributed by atoms with Crippen LogP contribution in [0.15, 0.2) is 17.5 Å². The zero-order chi connectivity index (χ0) is 10.3. The fraction of sp³-hybridized carbons (Fsp3) is 0.200. The Bertz CT molecular complexity index is 476. The molecular formula is C10H9F2NS. The first kappa shape index (κ1) is 9.40. The number of aryl methyl sites for hydroxylation is 1. The average molecular weight is 213 g/mol. The van der Waals surface area contributed by atoms with Crippen molar-refractivity contribution in [1.29, 1.82) is 0 Å². The summed E-state index contributed by atoms with van der Waals surface area (Å²) in [6, 6.07) is 3.37. The van der Waals surface area contributed by atoms with E-state index in [4.69, 9.17) is 5.73 Å². The number of nitrogen functional groups attached to an aromatic ring is 1. The van der Waals surface area contributed by atoms with Crippen LogP contribution in [0.3, 0.4) is 0 Å². The fourth-order valence-electron chi connectivity index (χ4n) is 1.53. The van der Waals surface area contributed by atoms with Gasteiger partial charge in [-0.3, -0.25) is 0 Å². The summed E-state index contributed by atoms with van der Waals surface area (Å²) in [5.74, 6) is 0. The highest BCUT2D eigenvalue weighted by molar-refractivity contribution is 7.17. The Kier molecular flexibility index (Phi) is 2.15. The van der Waals surface area contributed by atoms with Crippen LogP contribution in [0.4, 0.5) is 14.5 Å². The molecule has 1 nitrogen and oxygen atoms in total. The van der Waals surface area contributed by atoms with Gasteiger partial charge in [-0.05, 0) is 35.4 Å². The van der Waals surface area contributed by atoms with E-state index in [1.54, 1.807) is 0 Å². The van der Waals surface area contributed by atoms with Gasteiger partial charge < -0.3 is 5.73 Å². The van der Waals surface area contributed by atoms with Gasteiger partial charge in [-0.2, -0.15) is 0 Å². The number of alkyl halides is 2. The van der Waals surface area contributed by atoms with E-state index >= 15 is 0 Å². The Labute approximate surface area is 84.2 Å². The van der Waals surface area contributed by atoms with E-state index in [2.05, 4.69) is 0 Å². The number of anilines is 1. The van der Waals surface area contributed by atoms with Crippen LogP contribution in [0.1, 0.15) is 17.6 Å². The van der Waals surface area contributed by atoms with Gasteiger partial charge in [0.25, 0.3) is 6.43 Å². The number of fused-ring (bicyclic) bond motifs is 1. The number of halogens is 2. The van der Waals surface area contributed by atoms with E-state index in [0.717, 1.165) is 15.6 Å². The number of nitrogens with two attached hydrogens (primary N) is 1. The van der Waals surface area contributed by atoms with Crippen LogP contribution in [-0.4, -0.2) is 0 Å². The third-order valence-electron chi connectivity index (χ3n) is 2.25. The molecule has 2 rings (SSSR count). The molecule has 0 bridgehead atoms. The molecule has 4 heteroatoms. The van der Waals surface area contributed by atoms with Crippen LogP contribution in [0.2, 0.25) is 0 Å². The van der Waals surface area contributed by atoms with Gasteiger partial charge in [0.2, 0.25) is 0 Å². The molecule has 0 radical (unpaired) electrons. The molecule has 2 aromatic rings. The first-order valence-corrected chi connectivity index (χ1v) is 5.03. The molecule has 74 valence electrons. The maximum atomic E-state index is 12.6. The number of hydrogen-bond donors (Lipinski definition) is 1. The number of thiophene rings is 1. The molecule has 0 aliphatic heterocycles. The molecule has 0 saturated heterocycles. The Balaban J connectivity index is 2.82. The monoisotopic (exact) mass is 213 g/mol. The summed E-state index contributed by atoms with van der Waals surface area (Å²) >= 11 is 1.40. The van der Waals surface area contributed by atoms with E-state index in [1.807, 2.05) is 18.4 Å². The standard InChI is InChI=1S/C10H9F2NS/c1-5-4-7(10(11)12)8(13)9-6(5)2-3-14-9/h2-4,10H,13H2,1H3. The number of rotatable bonds is 1. The van der Waals surface area contributed by atoms with Gasteiger partial charge in [0.15, 0.2) is 0 Å². The topological polar surface area (TPSA) is 26.0 Å². The summed E-state index contributed by atoms with van der Waals surface area (Å²) in [6.07, 6.45) is -2.50. The zero-order valence-electron chi connectivity index (χ0n) is 7.55. The normalized spacial score (nSPS) is 11.4. The molecule has 0 spiro atoms.